The van der Waals surface area contributed by atoms with E-state index in [9.17, 15) is 19.0 Å². The van der Waals surface area contributed by atoms with E-state index in [0.717, 1.165) is 122 Å². The maximum Gasteiger partial charge on any atom is 0.306 e. The zero-order valence-electron chi connectivity index (χ0n) is 55.0. The zero-order chi connectivity index (χ0) is 62.1. The van der Waals surface area contributed by atoms with Crippen LogP contribution in [0.5, 0.6) is 0 Å². The lowest BCUT2D eigenvalue weighted by atomic mass is 10.0. The molecule has 0 aromatic rings. The predicted molar refractivity (Wildman–Crippen MR) is 366 cm³/mol. The minimum atomic E-state index is -4.73. The predicted octanol–water partition coefficient (Wildman–Crippen LogP) is 20.9. The third-order valence-corrected chi connectivity index (χ3v) is 14.9. The van der Waals surface area contributed by atoms with Crippen molar-refractivity contribution >= 4 is 19.7 Å². The number of ether oxygens (including phenoxy) is 1. The molecule has 0 aliphatic heterocycles. The van der Waals surface area contributed by atoms with Crippen LogP contribution in [-0.2, 0) is 27.9 Å². The molecule has 0 aliphatic carbocycles. The molecule has 0 rings (SSSR count). The summed E-state index contributed by atoms with van der Waals surface area (Å²) in [5.41, 5.74) is 0. The molecular weight excluding hydrogens is 1070 g/mol. The molecule has 0 spiro atoms. The molecule has 3 unspecified atom stereocenters. The number of phosphoric acid groups is 1. The fourth-order valence-electron chi connectivity index (χ4n) is 8.84. The number of rotatable bonds is 59. The molecule has 0 saturated heterocycles. The van der Waals surface area contributed by atoms with Crippen molar-refractivity contribution in [2.45, 2.75) is 264 Å². The van der Waals surface area contributed by atoms with Crippen molar-refractivity contribution in [3.63, 3.8) is 0 Å². The maximum atomic E-state index is 13.6. The normalized spacial score (nSPS) is 14.6. The number of allylic oxidation sites excluding steroid dienone is 25. The molecule has 482 valence electrons. The minimum Gasteiger partial charge on any atom is -0.756 e. The number of likely N-dealkylation sites (N-methyl/N-ethyl adjacent to an activating group) is 1. The van der Waals surface area contributed by atoms with Gasteiger partial charge in [-0.3, -0.25) is 14.2 Å². The van der Waals surface area contributed by atoms with Crippen LogP contribution in [0.3, 0.4) is 0 Å². The highest BCUT2D eigenvalue weighted by Crippen LogP contribution is 2.38. The molecule has 0 fully saturated rings. The number of hydrogen-bond acceptors (Lipinski definition) is 7. The number of hydrogen-bond donors (Lipinski definition) is 1. The van der Waals surface area contributed by atoms with Crippen molar-refractivity contribution in [3.8, 4) is 0 Å². The van der Waals surface area contributed by atoms with Crippen LogP contribution < -0.4 is 10.2 Å². The van der Waals surface area contributed by atoms with Crippen LogP contribution in [0.25, 0.3) is 0 Å². The highest BCUT2D eigenvalue weighted by molar-refractivity contribution is 7.45. The number of esters is 1. The molecule has 0 saturated carbocycles. The van der Waals surface area contributed by atoms with Crippen LogP contribution in [0, 0.1) is 0 Å². The summed E-state index contributed by atoms with van der Waals surface area (Å²) in [4.78, 5) is 40.1. The van der Waals surface area contributed by atoms with Gasteiger partial charge in [0.05, 0.1) is 33.8 Å². The average molecular weight is 1200 g/mol. The highest BCUT2D eigenvalue weighted by atomic mass is 31.2. The molecule has 0 heterocycles. The standard InChI is InChI=1S/C75H125N2O7P/c1-7-10-13-16-19-22-25-28-30-32-34-35-36-37-38-39-40-41-43-44-46-49-52-55-58-61-64-67-74(78)76-72(71-83-85(80,81)82-70-69-77(4,5)6)73(66-63-60-57-54-51-48-27-24-21-18-15-12-9-3)84-75(79)68-65-62-59-56-53-50-47-45-42-33-31-29-26-23-20-17-14-11-8-2/h10-11,13-14,19-20,22-23,28-31,34-35,37-38,40-42,45,50,53,59,62-63,66,72-73H,7-9,12,15-18,21,24-27,32-33,36,39,43-44,46-49,51-52,54-58,60-61,64-65,67-71H2,1-6H3,(H-,76,78,80,81)/b13-10-,14-11-,22-19-,23-20-,30-28-,31-29-,35-34-,38-37-,41-40-,45-42-,53-50-,62-59-,66-63-. The topological polar surface area (TPSA) is 114 Å². The van der Waals surface area contributed by atoms with Crippen LogP contribution in [-0.4, -0.2) is 69.4 Å². The van der Waals surface area contributed by atoms with Gasteiger partial charge < -0.3 is 28.5 Å². The van der Waals surface area contributed by atoms with Gasteiger partial charge in [-0.15, -0.1) is 0 Å². The van der Waals surface area contributed by atoms with E-state index >= 15 is 0 Å². The van der Waals surface area contributed by atoms with Gasteiger partial charge >= 0.3 is 5.97 Å². The fraction of sp³-hybridized carbons (Fsp3) is 0.627. The van der Waals surface area contributed by atoms with E-state index in [0.29, 0.717) is 23.9 Å². The summed E-state index contributed by atoms with van der Waals surface area (Å²) in [6, 6.07) is -0.937. The third kappa shape index (κ3) is 63.9. The van der Waals surface area contributed by atoms with Crippen LogP contribution >= 0.6 is 7.82 Å². The molecule has 9 nitrogen and oxygen atoms in total. The van der Waals surface area contributed by atoms with Gasteiger partial charge in [0.1, 0.15) is 19.3 Å². The van der Waals surface area contributed by atoms with Crippen molar-refractivity contribution in [1.29, 1.82) is 0 Å². The smallest absolute Gasteiger partial charge is 0.306 e. The first-order valence-corrected chi connectivity index (χ1v) is 35.3. The Kier molecular flexibility index (Phi) is 59.5. The first kappa shape index (κ1) is 80.6. The molecule has 0 aromatic heterocycles. The Labute approximate surface area is 522 Å². The van der Waals surface area contributed by atoms with Gasteiger partial charge in [0.25, 0.3) is 7.82 Å². The summed E-state index contributed by atoms with van der Waals surface area (Å²) in [5, 5.41) is 3.01. The molecule has 0 aliphatic rings. The lowest BCUT2D eigenvalue weighted by Crippen LogP contribution is -2.47. The lowest BCUT2D eigenvalue weighted by Gasteiger charge is -2.30. The Hall–Kier alpha value is -4.37. The number of nitrogens with zero attached hydrogens (tertiary/aromatic N) is 1. The molecule has 85 heavy (non-hydrogen) atoms. The summed E-state index contributed by atoms with van der Waals surface area (Å²) in [6.45, 7) is 6.55. The first-order valence-electron chi connectivity index (χ1n) is 33.8. The van der Waals surface area contributed by atoms with Crippen LogP contribution in [0.2, 0.25) is 0 Å². The quantitative estimate of drug-likeness (QED) is 0.0212. The molecule has 0 bridgehead atoms. The largest absolute Gasteiger partial charge is 0.756 e. The van der Waals surface area contributed by atoms with Crippen molar-refractivity contribution in [3.05, 3.63) is 158 Å². The van der Waals surface area contributed by atoms with Crippen molar-refractivity contribution < 1.29 is 37.3 Å². The lowest BCUT2D eigenvalue weighted by molar-refractivity contribution is -0.870. The maximum absolute atomic E-state index is 13.6. The van der Waals surface area contributed by atoms with E-state index in [1.54, 1.807) is 6.08 Å². The number of amides is 1. The van der Waals surface area contributed by atoms with E-state index in [4.69, 9.17) is 13.8 Å². The molecule has 10 heteroatoms. The number of nitrogens with one attached hydrogen (secondary N) is 1. The van der Waals surface area contributed by atoms with Crippen molar-refractivity contribution in [2.75, 3.05) is 40.9 Å². The third-order valence-electron chi connectivity index (χ3n) is 14.0. The molecule has 1 amide bonds. The van der Waals surface area contributed by atoms with Crippen LogP contribution in [0.15, 0.2) is 158 Å². The molecular formula is C75H125N2O7P. The monoisotopic (exact) mass is 1200 g/mol. The van der Waals surface area contributed by atoms with Gasteiger partial charge in [0, 0.05) is 12.8 Å². The van der Waals surface area contributed by atoms with E-state index in [-0.39, 0.29) is 25.4 Å². The Balaban J connectivity index is 5.28. The number of carbonyl (C=O) groups excluding carboxylic acids is 2. The molecule has 0 aromatic carbocycles. The summed E-state index contributed by atoms with van der Waals surface area (Å²) < 4.78 is 30.3. The van der Waals surface area contributed by atoms with Gasteiger partial charge in [0.2, 0.25) is 5.91 Å². The second-order valence-corrected chi connectivity index (χ2v) is 24.6. The van der Waals surface area contributed by atoms with Crippen LogP contribution in [0.4, 0.5) is 0 Å². The average Bonchev–Trinajstić information content (AvgIpc) is 3.53. The SMILES string of the molecule is CC/C=C\C/C=C\C/C=C\C/C=C\C/C=C\C/C=C\CCCCCCCCCCC(=O)NC(COP(=O)([O-])OCC[N+](C)(C)C)C(/C=C\CCCCCCCCCCCCC)OC(=O)CC/C=C\C/C=C\C/C=C\C/C=C\C/C=C\C/C=C\CC. The fourth-order valence-corrected chi connectivity index (χ4v) is 9.57. The van der Waals surface area contributed by atoms with Crippen molar-refractivity contribution in [2.24, 2.45) is 0 Å². The molecule has 1 N–H and O–H groups in total. The van der Waals surface area contributed by atoms with E-state index in [1.165, 1.54) is 83.5 Å². The van der Waals surface area contributed by atoms with Gasteiger partial charge in [-0.05, 0) is 122 Å². The number of quaternary nitrogens is 1. The second kappa shape index (κ2) is 62.7. The number of carbonyl (C=O) groups is 2. The Morgan fingerprint density at radius 2 is 0.765 bits per heavy atom. The number of unbranched alkanes of at least 4 members (excludes halogenated alkanes) is 19. The summed E-state index contributed by atoms with van der Waals surface area (Å²) >= 11 is 0. The zero-order valence-corrected chi connectivity index (χ0v) is 55.9. The Bertz CT molecular complexity index is 2010. The second-order valence-electron chi connectivity index (χ2n) is 23.2. The summed E-state index contributed by atoms with van der Waals surface area (Å²) in [7, 11) is 1.12. The van der Waals surface area contributed by atoms with Gasteiger partial charge in [-0.2, -0.15) is 0 Å². The minimum absolute atomic E-state index is 0.0441. The van der Waals surface area contributed by atoms with Crippen molar-refractivity contribution in [1.82, 2.24) is 5.32 Å². The Morgan fingerprint density at radius 3 is 1.15 bits per heavy atom. The van der Waals surface area contributed by atoms with Gasteiger partial charge in [-0.25, -0.2) is 0 Å². The first-order chi connectivity index (χ1) is 41.4. The van der Waals surface area contributed by atoms with Gasteiger partial charge in [0.15, 0.2) is 0 Å². The number of phosphoric ester groups is 1. The van der Waals surface area contributed by atoms with E-state index in [2.05, 4.69) is 160 Å². The Morgan fingerprint density at radius 1 is 0.424 bits per heavy atom. The van der Waals surface area contributed by atoms with Crippen LogP contribution in [0.1, 0.15) is 252 Å². The van der Waals surface area contributed by atoms with E-state index in [1.807, 2.05) is 39.4 Å². The molecule has 3 atom stereocenters. The summed E-state index contributed by atoms with van der Waals surface area (Å²) in [6.07, 6.45) is 92.3. The molecule has 0 radical (unpaired) electrons. The van der Waals surface area contributed by atoms with Gasteiger partial charge in [-0.1, -0.05) is 275 Å². The highest BCUT2D eigenvalue weighted by Gasteiger charge is 2.27. The van der Waals surface area contributed by atoms with E-state index < -0.39 is 32.5 Å². The summed E-state index contributed by atoms with van der Waals surface area (Å²) in [5.74, 6) is -0.659.